The summed E-state index contributed by atoms with van der Waals surface area (Å²) in [6, 6.07) is 8.26. The first-order valence-electron chi connectivity index (χ1n) is 7.82. The van der Waals surface area contributed by atoms with Crippen LogP contribution < -0.4 is 10.6 Å². The second kappa shape index (κ2) is 6.80. The van der Waals surface area contributed by atoms with E-state index in [-0.39, 0.29) is 23.7 Å². The summed E-state index contributed by atoms with van der Waals surface area (Å²) in [5.41, 5.74) is 8.48. The van der Waals surface area contributed by atoms with E-state index in [0.717, 1.165) is 31.5 Å². The van der Waals surface area contributed by atoms with Crippen LogP contribution in [0.15, 0.2) is 24.3 Å². The summed E-state index contributed by atoms with van der Waals surface area (Å²) in [6.07, 6.45) is 7.58. The van der Waals surface area contributed by atoms with Gasteiger partial charge in [0.05, 0.1) is 0 Å². The van der Waals surface area contributed by atoms with Crippen molar-refractivity contribution in [1.82, 2.24) is 0 Å². The molecular formula is C17H25ClN2O. The van der Waals surface area contributed by atoms with Crippen LogP contribution in [0.5, 0.6) is 0 Å². The van der Waals surface area contributed by atoms with Gasteiger partial charge in [0.1, 0.15) is 0 Å². The number of carbonyl (C=O) groups is 1. The largest absolute Gasteiger partial charge is 0.330 e. The van der Waals surface area contributed by atoms with E-state index in [1.165, 1.54) is 24.8 Å². The molecular weight excluding hydrogens is 284 g/mol. The molecule has 1 heterocycles. The van der Waals surface area contributed by atoms with Gasteiger partial charge in [-0.25, -0.2) is 0 Å². The minimum atomic E-state index is 0. The molecule has 0 unspecified atom stereocenters. The first-order valence-corrected chi connectivity index (χ1v) is 7.82. The Balaban J connectivity index is 0.00000161. The highest BCUT2D eigenvalue weighted by molar-refractivity contribution is 5.95. The first kappa shape index (κ1) is 16.3. The second-order valence-corrected chi connectivity index (χ2v) is 6.37. The third-order valence-corrected chi connectivity index (χ3v) is 5.06. The highest BCUT2D eigenvalue weighted by Gasteiger charge is 2.35. The van der Waals surface area contributed by atoms with Crippen molar-refractivity contribution in [3.05, 3.63) is 29.8 Å². The summed E-state index contributed by atoms with van der Waals surface area (Å²) in [4.78, 5) is 14.7. The van der Waals surface area contributed by atoms with Crippen molar-refractivity contribution in [2.45, 2.75) is 44.9 Å². The average molecular weight is 309 g/mol. The van der Waals surface area contributed by atoms with E-state index in [1.54, 1.807) is 0 Å². The second-order valence-electron chi connectivity index (χ2n) is 6.37. The van der Waals surface area contributed by atoms with Crippen LogP contribution in [0.2, 0.25) is 0 Å². The SMILES string of the molecule is Cl.NCC1(CC(=O)N2CCc3ccccc32)CCCCC1. The number of halogens is 1. The topological polar surface area (TPSA) is 46.3 Å². The standard InChI is InChI=1S/C17H24N2O.ClH/c18-13-17(9-4-1-5-10-17)12-16(20)19-11-8-14-6-2-3-7-15(14)19;/h2-3,6-7H,1,4-5,8-13,18H2;1H. The van der Waals surface area contributed by atoms with E-state index in [1.807, 2.05) is 11.0 Å². The molecule has 3 rings (SSSR count). The predicted molar refractivity (Wildman–Crippen MR) is 88.9 cm³/mol. The summed E-state index contributed by atoms with van der Waals surface area (Å²) in [6.45, 7) is 1.48. The number of anilines is 1. The first-order chi connectivity index (χ1) is 9.74. The molecule has 0 saturated heterocycles. The van der Waals surface area contributed by atoms with Gasteiger partial charge in [0.25, 0.3) is 0 Å². The van der Waals surface area contributed by atoms with Gasteiger partial charge in [-0.3, -0.25) is 4.79 Å². The Morgan fingerprint density at radius 1 is 1.19 bits per heavy atom. The highest BCUT2D eigenvalue weighted by Crippen LogP contribution is 2.40. The van der Waals surface area contributed by atoms with Gasteiger partial charge in [-0.05, 0) is 42.9 Å². The summed E-state index contributed by atoms with van der Waals surface area (Å²) in [5.74, 6) is 0.266. The molecule has 1 saturated carbocycles. The van der Waals surface area contributed by atoms with Gasteiger partial charge in [-0.15, -0.1) is 12.4 Å². The van der Waals surface area contributed by atoms with Gasteiger partial charge in [0.15, 0.2) is 0 Å². The molecule has 21 heavy (non-hydrogen) atoms. The van der Waals surface area contributed by atoms with Crippen LogP contribution in [0.1, 0.15) is 44.1 Å². The number of nitrogens with two attached hydrogens (primary N) is 1. The van der Waals surface area contributed by atoms with Gasteiger partial charge in [0.2, 0.25) is 5.91 Å². The molecule has 4 heteroatoms. The van der Waals surface area contributed by atoms with E-state index in [2.05, 4.69) is 18.2 Å². The zero-order valence-electron chi connectivity index (χ0n) is 12.5. The number of hydrogen-bond donors (Lipinski definition) is 1. The number of benzene rings is 1. The maximum Gasteiger partial charge on any atom is 0.227 e. The molecule has 1 aliphatic heterocycles. The van der Waals surface area contributed by atoms with Gasteiger partial charge in [-0.2, -0.15) is 0 Å². The van der Waals surface area contributed by atoms with Gasteiger partial charge in [0, 0.05) is 18.7 Å². The van der Waals surface area contributed by atoms with E-state index in [9.17, 15) is 4.79 Å². The molecule has 1 fully saturated rings. The number of hydrogen-bond acceptors (Lipinski definition) is 2. The molecule has 0 bridgehead atoms. The van der Waals surface area contributed by atoms with Crippen molar-refractivity contribution in [3.63, 3.8) is 0 Å². The molecule has 1 aliphatic carbocycles. The Hall–Kier alpha value is -1.06. The third-order valence-electron chi connectivity index (χ3n) is 5.06. The van der Waals surface area contributed by atoms with Crippen LogP contribution in [0.3, 0.4) is 0 Å². The molecule has 3 nitrogen and oxygen atoms in total. The molecule has 0 aromatic heterocycles. The maximum atomic E-state index is 12.7. The summed E-state index contributed by atoms with van der Waals surface area (Å²) < 4.78 is 0. The average Bonchev–Trinajstić information content (AvgIpc) is 2.92. The number of para-hydroxylation sites is 1. The lowest BCUT2D eigenvalue weighted by molar-refractivity contribution is -0.121. The third kappa shape index (κ3) is 3.24. The summed E-state index contributed by atoms with van der Waals surface area (Å²) in [5, 5.41) is 0. The number of rotatable bonds is 3. The highest BCUT2D eigenvalue weighted by atomic mass is 35.5. The summed E-state index contributed by atoms with van der Waals surface area (Å²) in [7, 11) is 0. The number of nitrogens with zero attached hydrogens (tertiary/aromatic N) is 1. The molecule has 2 N–H and O–H groups in total. The van der Waals surface area contributed by atoms with Crippen LogP contribution >= 0.6 is 12.4 Å². The van der Waals surface area contributed by atoms with Crippen molar-refractivity contribution in [2.24, 2.45) is 11.1 Å². The fraction of sp³-hybridized carbons (Fsp3) is 0.588. The smallest absolute Gasteiger partial charge is 0.227 e. The van der Waals surface area contributed by atoms with Crippen LogP contribution in [0.25, 0.3) is 0 Å². The predicted octanol–water partition coefficient (Wildman–Crippen LogP) is 3.30. The quantitative estimate of drug-likeness (QED) is 0.931. The Morgan fingerprint density at radius 2 is 1.90 bits per heavy atom. The van der Waals surface area contributed by atoms with Crippen LogP contribution in [0, 0.1) is 5.41 Å². The van der Waals surface area contributed by atoms with Crippen molar-refractivity contribution < 1.29 is 4.79 Å². The lowest BCUT2D eigenvalue weighted by Gasteiger charge is -2.36. The minimum Gasteiger partial charge on any atom is -0.330 e. The Morgan fingerprint density at radius 3 is 2.62 bits per heavy atom. The Bertz CT molecular complexity index is 497. The molecule has 1 aromatic carbocycles. The van der Waals surface area contributed by atoms with Crippen LogP contribution in [0.4, 0.5) is 5.69 Å². The Labute approximate surface area is 133 Å². The number of carbonyl (C=O) groups excluding carboxylic acids is 1. The summed E-state index contributed by atoms with van der Waals surface area (Å²) >= 11 is 0. The molecule has 2 aliphatic rings. The van der Waals surface area contributed by atoms with E-state index in [4.69, 9.17) is 5.73 Å². The van der Waals surface area contributed by atoms with Crippen molar-refractivity contribution in [2.75, 3.05) is 18.0 Å². The maximum absolute atomic E-state index is 12.7. The van der Waals surface area contributed by atoms with Gasteiger partial charge < -0.3 is 10.6 Å². The monoisotopic (exact) mass is 308 g/mol. The van der Waals surface area contributed by atoms with E-state index in [0.29, 0.717) is 13.0 Å². The zero-order valence-corrected chi connectivity index (χ0v) is 13.3. The fourth-order valence-electron chi connectivity index (χ4n) is 3.77. The molecule has 116 valence electrons. The van der Waals surface area contributed by atoms with E-state index < -0.39 is 0 Å². The zero-order chi connectivity index (χ0) is 14.0. The molecule has 0 atom stereocenters. The molecule has 1 aromatic rings. The lowest BCUT2D eigenvalue weighted by atomic mass is 9.71. The number of amides is 1. The van der Waals surface area contributed by atoms with Crippen molar-refractivity contribution in [3.8, 4) is 0 Å². The molecule has 1 amide bonds. The molecule has 0 radical (unpaired) electrons. The minimum absolute atomic E-state index is 0. The van der Waals surface area contributed by atoms with Gasteiger partial charge >= 0.3 is 0 Å². The Kier molecular flexibility index (Phi) is 5.28. The van der Waals surface area contributed by atoms with Crippen molar-refractivity contribution >= 4 is 24.0 Å². The van der Waals surface area contributed by atoms with Gasteiger partial charge in [-0.1, -0.05) is 37.5 Å². The van der Waals surface area contributed by atoms with Crippen LogP contribution in [-0.4, -0.2) is 19.0 Å². The molecule has 0 spiro atoms. The van der Waals surface area contributed by atoms with Crippen LogP contribution in [-0.2, 0) is 11.2 Å². The number of fused-ring (bicyclic) bond motifs is 1. The van der Waals surface area contributed by atoms with Crippen molar-refractivity contribution in [1.29, 1.82) is 0 Å². The lowest BCUT2D eigenvalue weighted by Crippen LogP contribution is -2.40. The normalized spacial score (nSPS) is 19.8. The van der Waals surface area contributed by atoms with E-state index >= 15 is 0 Å². The fourth-order valence-corrected chi connectivity index (χ4v) is 3.77.